The van der Waals surface area contributed by atoms with Gasteiger partial charge in [-0.2, -0.15) is 0 Å². The Morgan fingerprint density at radius 2 is 2.10 bits per heavy atom. The van der Waals surface area contributed by atoms with Gasteiger partial charge in [0.2, 0.25) is 0 Å². The van der Waals surface area contributed by atoms with E-state index in [1.165, 1.54) is 18.3 Å². The Labute approximate surface area is 129 Å². The smallest absolute Gasteiger partial charge is 0.145 e. The minimum absolute atomic E-state index is 0.0608. The van der Waals surface area contributed by atoms with Gasteiger partial charge >= 0.3 is 0 Å². The summed E-state index contributed by atoms with van der Waals surface area (Å²) in [4.78, 5) is 3.89. The summed E-state index contributed by atoms with van der Waals surface area (Å²) >= 11 is 9.17. The van der Waals surface area contributed by atoms with E-state index in [0.717, 1.165) is 0 Å². The van der Waals surface area contributed by atoms with Crippen LogP contribution >= 0.6 is 27.5 Å². The molecule has 0 spiro atoms. The fourth-order valence-electron chi connectivity index (χ4n) is 2.00. The maximum Gasteiger partial charge on any atom is 0.145 e. The van der Waals surface area contributed by atoms with Gasteiger partial charge in [0.15, 0.2) is 0 Å². The third-order valence-electron chi connectivity index (χ3n) is 2.89. The summed E-state index contributed by atoms with van der Waals surface area (Å²) < 4.78 is 28.5. The molecule has 0 amide bonds. The van der Waals surface area contributed by atoms with Gasteiger partial charge < -0.3 is 5.32 Å². The lowest BCUT2D eigenvalue weighted by atomic mass is 9.98. The van der Waals surface area contributed by atoms with Crippen molar-refractivity contribution in [1.82, 2.24) is 10.3 Å². The van der Waals surface area contributed by atoms with Gasteiger partial charge in [-0.3, -0.25) is 4.98 Å². The molecule has 0 aliphatic heterocycles. The molecule has 0 aliphatic carbocycles. The number of benzene rings is 1. The van der Waals surface area contributed by atoms with Crippen LogP contribution in [-0.2, 0) is 0 Å². The van der Waals surface area contributed by atoms with E-state index in [0.29, 0.717) is 17.1 Å². The second kappa shape index (κ2) is 6.61. The molecule has 6 heteroatoms. The number of rotatable bonds is 4. The highest BCUT2D eigenvalue weighted by Crippen LogP contribution is 2.33. The van der Waals surface area contributed by atoms with Crippen LogP contribution in [-0.4, -0.2) is 11.5 Å². The van der Waals surface area contributed by atoms with E-state index in [1.54, 1.807) is 12.3 Å². The van der Waals surface area contributed by atoms with Crippen LogP contribution in [0.5, 0.6) is 0 Å². The van der Waals surface area contributed by atoms with Gasteiger partial charge in [0, 0.05) is 18.0 Å². The fourth-order valence-corrected chi connectivity index (χ4v) is 2.57. The highest BCUT2D eigenvalue weighted by Gasteiger charge is 2.24. The van der Waals surface area contributed by atoms with Crippen molar-refractivity contribution in [3.63, 3.8) is 0 Å². The third kappa shape index (κ3) is 3.00. The Balaban J connectivity index is 2.61. The fraction of sp³-hybridized carbons (Fsp3) is 0.214. The average Bonchev–Trinajstić information content (AvgIpc) is 2.43. The Hall–Kier alpha value is -1.04. The van der Waals surface area contributed by atoms with Crippen molar-refractivity contribution in [2.24, 2.45) is 0 Å². The van der Waals surface area contributed by atoms with Gasteiger partial charge in [-0.25, -0.2) is 8.78 Å². The predicted molar refractivity (Wildman–Crippen MR) is 78.8 cm³/mol. The van der Waals surface area contributed by atoms with Crippen LogP contribution in [0.2, 0.25) is 5.02 Å². The van der Waals surface area contributed by atoms with Crippen molar-refractivity contribution in [1.29, 1.82) is 0 Å². The van der Waals surface area contributed by atoms with Crippen LogP contribution < -0.4 is 5.32 Å². The number of aromatic nitrogens is 1. The molecule has 1 aromatic carbocycles. The maximum atomic E-state index is 14.3. The van der Waals surface area contributed by atoms with Crippen LogP contribution in [0.4, 0.5) is 8.78 Å². The summed E-state index contributed by atoms with van der Waals surface area (Å²) in [6, 6.07) is 3.54. The normalized spacial score (nSPS) is 12.4. The highest BCUT2D eigenvalue weighted by atomic mass is 79.9. The number of nitrogens with one attached hydrogen (secondary N) is 1. The first kappa shape index (κ1) is 15.4. The monoisotopic (exact) mass is 360 g/mol. The number of halogens is 4. The van der Waals surface area contributed by atoms with Crippen LogP contribution in [0.1, 0.15) is 24.1 Å². The van der Waals surface area contributed by atoms with Crippen LogP contribution in [0.15, 0.2) is 35.1 Å². The number of hydrogen-bond donors (Lipinski definition) is 1. The molecule has 2 aromatic rings. The van der Waals surface area contributed by atoms with E-state index in [1.807, 2.05) is 6.92 Å². The highest BCUT2D eigenvalue weighted by molar-refractivity contribution is 9.10. The standard InChI is InChI=1S/C14H12BrClF2N2/c1-2-20-14(8-5-6-19-7-10(8)16)12-11(17)4-3-9(15)13(12)18/h3-7,14,20H,2H2,1H3. The summed E-state index contributed by atoms with van der Waals surface area (Å²) in [7, 11) is 0. The lowest BCUT2D eigenvalue weighted by Gasteiger charge is -2.21. The number of nitrogens with zero attached hydrogens (tertiary/aromatic N) is 1. The molecule has 1 aromatic heterocycles. The first-order valence-electron chi connectivity index (χ1n) is 6.02. The van der Waals surface area contributed by atoms with Crippen molar-refractivity contribution < 1.29 is 8.78 Å². The van der Waals surface area contributed by atoms with Gasteiger partial charge in [0.05, 0.1) is 15.5 Å². The molecular formula is C14H12BrClF2N2. The van der Waals surface area contributed by atoms with E-state index in [9.17, 15) is 8.78 Å². The van der Waals surface area contributed by atoms with Gasteiger partial charge in [0.1, 0.15) is 11.6 Å². The first-order chi connectivity index (χ1) is 9.56. The largest absolute Gasteiger partial charge is 0.306 e. The van der Waals surface area contributed by atoms with E-state index < -0.39 is 17.7 Å². The molecular weight excluding hydrogens is 350 g/mol. The molecule has 106 valence electrons. The second-order valence-corrected chi connectivity index (χ2v) is 5.41. The molecule has 20 heavy (non-hydrogen) atoms. The molecule has 1 unspecified atom stereocenters. The zero-order valence-corrected chi connectivity index (χ0v) is 13.0. The molecule has 2 rings (SSSR count). The molecule has 1 heterocycles. The Bertz CT molecular complexity index is 622. The van der Waals surface area contributed by atoms with Gasteiger partial charge in [0.25, 0.3) is 0 Å². The molecule has 1 atom stereocenters. The summed E-state index contributed by atoms with van der Waals surface area (Å²) in [5.74, 6) is -1.26. The lowest BCUT2D eigenvalue weighted by Crippen LogP contribution is -2.24. The van der Waals surface area contributed by atoms with Crippen molar-refractivity contribution in [3.05, 3.63) is 62.8 Å². The van der Waals surface area contributed by atoms with Crippen LogP contribution in [0, 0.1) is 11.6 Å². The Kier molecular flexibility index (Phi) is 5.07. The average molecular weight is 362 g/mol. The van der Waals surface area contributed by atoms with Crippen molar-refractivity contribution >= 4 is 27.5 Å². The van der Waals surface area contributed by atoms with E-state index in [2.05, 4.69) is 26.2 Å². The molecule has 2 nitrogen and oxygen atoms in total. The van der Waals surface area contributed by atoms with Gasteiger partial charge in [-0.05, 0) is 46.2 Å². The third-order valence-corrected chi connectivity index (χ3v) is 3.82. The van der Waals surface area contributed by atoms with Crippen LogP contribution in [0.3, 0.4) is 0 Å². The van der Waals surface area contributed by atoms with Crippen molar-refractivity contribution in [2.75, 3.05) is 6.54 Å². The zero-order valence-electron chi connectivity index (χ0n) is 10.6. The molecule has 0 radical (unpaired) electrons. The SMILES string of the molecule is CCNC(c1ccncc1Cl)c1c(F)ccc(Br)c1F. The van der Waals surface area contributed by atoms with Crippen molar-refractivity contribution in [3.8, 4) is 0 Å². The quantitative estimate of drug-likeness (QED) is 0.813. The Morgan fingerprint density at radius 1 is 1.35 bits per heavy atom. The zero-order chi connectivity index (χ0) is 14.7. The van der Waals surface area contributed by atoms with Gasteiger partial charge in [-0.1, -0.05) is 18.5 Å². The van der Waals surface area contributed by atoms with E-state index in [-0.39, 0.29) is 10.0 Å². The van der Waals surface area contributed by atoms with Crippen molar-refractivity contribution in [2.45, 2.75) is 13.0 Å². The molecule has 0 saturated carbocycles. The van der Waals surface area contributed by atoms with E-state index in [4.69, 9.17) is 11.6 Å². The summed E-state index contributed by atoms with van der Waals surface area (Å²) in [5.41, 5.74) is 0.522. The predicted octanol–water partition coefficient (Wildman–Crippen LogP) is 4.47. The molecule has 0 aliphatic rings. The second-order valence-electron chi connectivity index (χ2n) is 4.14. The minimum atomic E-state index is -0.673. The molecule has 1 N–H and O–H groups in total. The topological polar surface area (TPSA) is 24.9 Å². The summed E-state index contributed by atoms with van der Waals surface area (Å²) in [6.07, 6.45) is 2.99. The minimum Gasteiger partial charge on any atom is -0.306 e. The summed E-state index contributed by atoms with van der Waals surface area (Å²) in [6.45, 7) is 2.39. The maximum absolute atomic E-state index is 14.3. The van der Waals surface area contributed by atoms with Gasteiger partial charge in [-0.15, -0.1) is 0 Å². The number of pyridine rings is 1. The molecule has 0 saturated heterocycles. The molecule has 0 bridgehead atoms. The summed E-state index contributed by atoms with van der Waals surface area (Å²) in [5, 5.41) is 3.41. The molecule has 0 fully saturated rings. The number of hydrogen-bond acceptors (Lipinski definition) is 2. The van der Waals surface area contributed by atoms with Crippen LogP contribution in [0.25, 0.3) is 0 Å². The van der Waals surface area contributed by atoms with E-state index >= 15 is 0 Å². The lowest BCUT2D eigenvalue weighted by molar-refractivity contribution is 0.507. The Morgan fingerprint density at radius 3 is 2.75 bits per heavy atom. The first-order valence-corrected chi connectivity index (χ1v) is 7.19.